The maximum absolute atomic E-state index is 5.88. The van der Waals surface area contributed by atoms with Gasteiger partial charge in [-0.25, -0.2) is 0 Å². The van der Waals surface area contributed by atoms with Gasteiger partial charge in [0.1, 0.15) is 0 Å². The van der Waals surface area contributed by atoms with Crippen LogP contribution in [0.1, 0.15) is 45.4 Å². The molecule has 1 saturated carbocycles. The lowest BCUT2D eigenvalue weighted by atomic mass is 9.99. The zero-order chi connectivity index (χ0) is 10.3. The van der Waals surface area contributed by atoms with E-state index in [9.17, 15) is 0 Å². The molecule has 0 aromatic carbocycles. The van der Waals surface area contributed by atoms with Gasteiger partial charge in [0.05, 0.1) is 12.2 Å². The summed E-state index contributed by atoms with van der Waals surface area (Å²) in [4.78, 5) is 2.69. The topological polar surface area (TPSA) is 12.5 Å². The monoisotopic (exact) mass is 209 g/mol. The summed E-state index contributed by atoms with van der Waals surface area (Å²) in [5, 5.41) is 0. The molecule has 2 bridgehead atoms. The molecule has 3 aliphatic rings. The fraction of sp³-hybridized carbons (Fsp3) is 1.00. The molecule has 2 saturated heterocycles. The Kier molecular flexibility index (Phi) is 2.52. The second kappa shape index (κ2) is 3.74. The zero-order valence-corrected chi connectivity index (χ0v) is 9.87. The summed E-state index contributed by atoms with van der Waals surface area (Å²) >= 11 is 0. The molecule has 0 radical (unpaired) electrons. The van der Waals surface area contributed by atoms with Crippen LogP contribution in [0.5, 0.6) is 0 Å². The van der Waals surface area contributed by atoms with E-state index in [1.807, 2.05) is 0 Å². The molecule has 3 fully saturated rings. The van der Waals surface area contributed by atoms with Crippen LogP contribution in [0.4, 0.5) is 0 Å². The molecule has 2 atom stereocenters. The Morgan fingerprint density at radius 2 is 1.87 bits per heavy atom. The number of hydrogen-bond acceptors (Lipinski definition) is 2. The van der Waals surface area contributed by atoms with Crippen LogP contribution in [-0.2, 0) is 4.74 Å². The number of nitrogens with zero attached hydrogens (tertiary/aromatic N) is 1. The molecule has 0 N–H and O–H groups in total. The predicted octanol–water partition coefficient (Wildman–Crippen LogP) is 2.43. The molecule has 0 amide bonds. The fourth-order valence-electron chi connectivity index (χ4n) is 3.50. The molecule has 0 spiro atoms. The molecule has 2 aliphatic heterocycles. The average molecular weight is 209 g/mol. The van der Waals surface area contributed by atoms with E-state index in [0.29, 0.717) is 12.2 Å². The molecule has 0 aromatic rings. The van der Waals surface area contributed by atoms with E-state index >= 15 is 0 Å². The zero-order valence-electron chi connectivity index (χ0n) is 9.87. The fourth-order valence-corrected chi connectivity index (χ4v) is 3.50. The van der Waals surface area contributed by atoms with Crippen LogP contribution in [0.2, 0.25) is 0 Å². The standard InChI is InChI=1S/C13H23NO/c1-2-5-13(6-7-13)10-14-8-11-3-4-12(9-14)15-11/h11-12H,2-10H2,1H3. The Hall–Kier alpha value is -0.0800. The molecule has 2 heterocycles. The minimum atomic E-state index is 0.571. The highest BCUT2D eigenvalue weighted by Crippen LogP contribution is 2.50. The van der Waals surface area contributed by atoms with Crippen LogP contribution in [-0.4, -0.2) is 36.7 Å². The van der Waals surface area contributed by atoms with Crippen molar-refractivity contribution in [2.45, 2.75) is 57.7 Å². The first-order chi connectivity index (χ1) is 7.30. The Labute approximate surface area is 93.0 Å². The number of rotatable bonds is 4. The van der Waals surface area contributed by atoms with Crippen LogP contribution in [0.3, 0.4) is 0 Å². The summed E-state index contributed by atoms with van der Waals surface area (Å²) in [7, 11) is 0. The van der Waals surface area contributed by atoms with Crippen molar-refractivity contribution in [3.63, 3.8) is 0 Å². The van der Waals surface area contributed by atoms with Crippen LogP contribution in [0.15, 0.2) is 0 Å². The maximum atomic E-state index is 5.88. The first kappa shape index (κ1) is 10.1. The van der Waals surface area contributed by atoms with Crippen LogP contribution < -0.4 is 0 Å². The second-order valence-corrected chi connectivity index (χ2v) is 5.90. The molecule has 2 nitrogen and oxygen atoms in total. The Morgan fingerprint density at radius 3 is 2.40 bits per heavy atom. The van der Waals surface area contributed by atoms with Crippen molar-refractivity contribution < 1.29 is 4.74 Å². The van der Waals surface area contributed by atoms with Gasteiger partial charge in [-0.3, -0.25) is 4.90 Å². The van der Waals surface area contributed by atoms with E-state index in [1.54, 1.807) is 0 Å². The average Bonchev–Trinajstić information content (AvgIpc) is 2.87. The van der Waals surface area contributed by atoms with E-state index < -0.39 is 0 Å². The predicted molar refractivity (Wildman–Crippen MR) is 60.9 cm³/mol. The molecule has 15 heavy (non-hydrogen) atoms. The van der Waals surface area contributed by atoms with Gasteiger partial charge in [0.25, 0.3) is 0 Å². The SMILES string of the molecule is CCCC1(CN2CC3CCC(C2)O3)CC1. The first-order valence-electron chi connectivity index (χ1n) is 6.67. The summed E-state index contributed by atoms with van der Waals surface area (Å²) in [6.07, 6.45) is 9.52. The largest absolute Gasteiger partial charge is 0.372 e. The second-order valence-electron chi connectivity index (χ2n) is 5.90. The van der Waals surface area contributed by atoms with Crippen LogP contribution in [0, 0.1) is 5.41 Å². The van der Waals surface area contributed by atoms with Crippen molar-refractivity contribution in [2.24, 2.45) is 5.41 Å². The van der Waals surface area contributed by atoms with Gasteiger partial charge in [-0.05, 0) is 37.5 Å². The van der Waals surface area contributed by atoms with Crippen molar-refractivity contribution in [1.82, 2.24) is 4.90 Å². The molecular weight excluding hydrogens is 186 g/mol. The Morgan fingerprint density at radius 1 is 1.20 bits per heavy atom. The number of hydrogen-bond donors (Lipinski definition) is 0. The highest BCUT2D eigenvalue weighted by molar-refractivity contribution is 4.97. The van der Waals surface area contributed by atoms with Gasteiger partial charge in [0.15, 0.2) is 0 Å². The number of morpholine rings is 1. The van der Waals surface area contributed by atoms with E-state index in [4.69, 9.17) is 4.74 Å². The normalized spacial score (nSPS) is 38.2. The number of likely N-dealkylation sites (tertiary alicyclic amines) is 1. The molecule has 0 aromatic heterocycles. The third kappa shape index (κ3) is 2.07. The summed E-state index contributed by atoms with van der Waals surface area (Å²) in [5.74, 6) is 0. The lowest BCUT2D eigenvalue weighted by molar-refractivity contribution is -0.0443. The van der Waals surface area contributed by atoms with Crippen LogP contribution in [0.25, 0.3) is 0 Å². The van der Waals surface area contributed by atoms with Gasteiger partial charge in [-0.1, -0.05) is 13.3 Å². The van der Waals surface area contributed by atoms with Crippen molar-refractivity contribution in [2.75, 3.05) is 19.6 Å². The van der Waals surface area contributed by atoms with Gasteiger partial charge < -0.3 is 4.74 Å². The van der Waals surface area contributed by atoms with Crippen molar-refractivity contribution in [3.05, 3.63) is 0 Å². The van der Waals surface area contributed by atoms with Gasteiger partial charge in [-0.2, -0.15) is 0 Å². The van der Waals surface area contributed by atoms with Gasteiger partial charge in [0.2, 0.25) is 0 Å². The van der Waals surface area contributed by atoms with E-state index in [-0.39, 0.29) is 0 Å². The summed E-state index contributed by atoms with van der Waals surface area (Å²) in [6, 6.07) is 0. The summed E-state index contributed by atoms with van der Waals surface area (Å²) in [5.41, 5.74) is 0.728. The minimum absolute atomic E-state index is 0.571. The molecule has 3 rings (SSSR count). The van der Waals surface area contributed by atoms with Crippen molar-refractivity contribution in [3.8, 4) is 0 Å². The minimum Gasteiger partial charge on any atom is -0.372 e. The van der Waals surface area contributed by atoms with Gasteiger partial charge >= 0.3 is 0 Å². The maximum Gasteiger partial charge on any atom is 0.0707 e. The highest BCUT2D eigenvalue weighted by Gasteiger charge is 2.44. The Bertz CT molecular complexity index is 225. The summed E-state index contributed by atoms with van der Waals surface area (Å²) in [6.45, 7) is 6.10. The molecular formula is C13H23NO. The number of ether oxygens (including phenoxy) is 1. The third-order valence-corrected chi connectivity index (χ3v) is 4.42. The van der Waals surface area contributed by atoms with Crippen molar-refractivity contribution >= 4 is 0 Å². The van der Waals surface area contributed by atoms with Crippen molar-refractivity contribution in [1.29, 1.82) is 0 Å². The molecule has 86 valence electrons. The third-order valence-electron chi connectivity index (χ3n) is 4.42. The lowest BCUT2D eigenvalue weighted by Gasteiger charge is -2.34. The van der Waals surface area contributed by atoms with E-state index in [0.717, 1.165) is 5.41 Å². The smallest absolute Gasteiger partial charge is 0.0707 e. The van der Waals surface area contributed by atoms with Crippen LogP contribution >= 0.6 is 0 Å². The number of fused-ring (bicyclic) bond motifs is 2. The first-order valence-corrected chi connectivity index (χ1v) is 6.67. The van der Waals surface area contributed by atoms with Gasteiger partial charge in [0, 0.05) is 19.6 Å². The molecule has 2 heteroatoms. The highest BCUT2D eigenvalue weighted by atomic mass is 16.5. The van der Waals surface area contributed by atoms with Gasteiger partial charge in [-0.15, -0.1) is 0 Å². The lowest BCUT2D eigenvalue weighted by Crippen LogP contribution is -2.45. The molecule has 1 aliphatic carbocycles. The van der Waals surface area contributed by atoms with E-state index in [2.05, 4.69) is 11.8 Å². The quantitative estimate of drug-likeness (QED) is 0.705. The Balaban J connectivity index is 1.55. The van der Waals surface area contributed by atoms with E-state index in [1.165, 1.54) is 58.2 Å². The molecule has 2 unspecified atom stereocenters. The summed E-state index contributed by atoms with van der Waals surface area (Å²) < 4.78 is 5.88.